The van der Waals surface area contributed by atoms with Crippen LogP contribution in [0.3, 0.4) is 0 Å². The number of para-hydroxylation sites is 1. The van der Waals surface area contributed by atoms with Gasteiger partial charge in [-0.25, -0.2) is 4.99 Å². The zero-order valence-corrected chi connectivity index (χ0v) is 17.1. The summed E-state index contributed by atoms with van der Waals surface area (Å²) in [5.41, 5.74) is 3.07. The maximum atomic E-state index is 5.85. The molecule has 0 heterocycles. The van der Waals surface area contributed by atoms with Crippen LogP contribution in [0.2, 0.25) is 0 Å². The van der Waals surface area contributed by atoms with Gasteiger partial charge < -0.3 is 9.47 Å². The van der Waals surface area contributed by atoms with E-state index in [0.717, 1.165) is 32.7 Å². The molecule has 0 fully saturated rings. The van der Waals surface area contributed by atoms with Crippen molar-refractivity contribution in [1.82, 2.24) is 0 Å². The summed E-state index contributed by atoms with van der Waals surface area (Å²) >= 11 is 1.63. The van der Waals surface area contributed by atoms with Gasteiger partial charge in [0.15, 0.2) is 0 Å². The quantitative estimate of drug-likeness (QED) is 0.201. The van der Waals surface area contributed by atoms with Crippen molar-refractivity contribution >= 4 is 22.5 Å². The van der Waals surface area contributed by atoms with E-state index in [9.17, 15) is 0 Å². The van der Waals surface area contributed by atoms with Crippen LogP contribution >= 0.6 is 11.8 Å². The molecule has 0 bridgehead atoms. The van der Waals surface area contributed by atoms with Crippen molar-refractivity contribution in [3.63, 3.8) is 0 Å². The fraction of sp³-hybridized carbons (Fsp3) is 0.125. The number of methoxy groups -OCH3 is 1. The van der Waals surface area contributed by atoms with Crippen LogP contribution in [0.15, 0.2) is 101 Å². The van der Waals surface area contributed by atoms with Crippen LogP contribution in [-0.4, -0.2) is 12.2 Å². The lowest BCUT2D eigenvalue weighted by Crippen LogP contribution is -1.97. The molecule has 0 unspecified atom stereocenters. The lowest BCUT2D eigenvalue weighted by atomic mass is 10.2. The molecule has 28 heavy (non-hydrogen) atoms. The first-order chi connectivity index (χ1) is 13.6. The average molecular weight is 390 g/mol. The Morgan fingerprint density at radius 2 is 1.64 bits per heavy atom. The van der Waals surface area contributed by atoms with Crippen LogP contribution in [0.1, 0.15) is 12.5 Å². The third-order valence-electron chi connectivity index (χ3n) is 3.94. The maximum Gasteiger partial charge on any atom is 0.130 e. The van der Waals surface area contributed by atoms with Crippen LogP contribution in [0.4, 0.5) is 5.69 Å². The molecule has 0 aliphatic heterocycles. The summed E-state index contributed by atoms with van der Waals surface area (Å²) in [6.07, 6.45) is 1.74. The van der Waals surface area contributed by atoms with E-state index >= 15 is 0 Å². The van der Waals surface area contributed by atoms with Gasteiger partial charge in [-0.2, -0.15) is 0 Å². The molecule has 0 spiro atoms. The van der Waals surface area contributed by atoms with Gasteiger partial charge in [0.2, 0.25) is 0 Å². The first kappa shape index (κ1) is 19.8. The Morgan fingerprint density at radius 3 is 2.39 bits per heavy atom. The number of hydrogen-bond acceptors (Lipinski definition) is 4. The van der Waals surface area contributed by atoms with Gasteiger partial charge in [-0.15, -0.1) is 0 Å². The molecule has 0 radical (unpaired) electrons. The van der Waals surface area contributed by atoms with E-state index in [2.05, 4.69) is 31.2 Å². The number of benzene rings is 3. The zero-order valence-electron chi connectivity index (χ0n) is 16.3. The van der Waals surface area contributed by atoms with Gasteiger partial charge in [0.05, 0.1) is 19.1 Å². The standard InChI is InChI=1S/C24H23NO2S/c1-18-9-7-14-23(15-18)28-24(25-20-10-5-4-6-11-20)19(2)17-27-22-13-8-12-21(16-22)26-3/h4-17H,1-3H3/b19-17?,25-24+. The number of nitrogens with zero attached hydrogens (tertiary/aromatic N) is 1. The predicted molar refractivity (Wildman–Crippen MR) is 118 cm³/mol. The van der Waals surface area contributed by atoms with E-state index in [1.54, 1.807) is 25.1 Å². The van der Waals surface area contributed by atoms with Gasteiger partial charge >= 0.3 is 0 Å². The lowest BCUT2D eigenvalue weighted by molar-refractivity contribution is 0.408. The normalized spacial score (nSPS) is 12.0. The molecule has 0 aromatic heterocycles. The monoisotopic (exact) mass is 389 g/mol. The van der Waals surface area contributed by atoms with Crippen molar-refractivity contribution in [3.8, 4) is 11.5 Å². The Labute approximate surface area is 170 Å². The number of ether oxygens (including phenoxy) is 2. The van der Waals surface area contributed by atoms with Gasteiger partial charge in [0.1, 0.15) is 16.5 Å². The Balaban J connectivity index is 1.87. The van der Waals surface area contributed by atoms with E-state index < -0.39 is 0 Å². The SMILES string of the molecule is COc1cccc(OC=C(C)/C(=N\c2ccccc2)Sc2cccc(C)c2)c1. The predicted octanol–water partition coefficient (Wildman–Crippen LogP) is 6.81. The third-order valence-corrected chi connectivity index (χ3v) is 5.04. The van der Waals surface area contributed by atoms with E-state index in [0.29, 0.717) is 0 Å². The van der Waals surface area contributed by atoms with Gasteiger partial charge in [-0.3, -0.25) is 0 Å². The minimum absolute atomic E-state index is 0.721. The first-order valence-corrected chi connectivity index (χ1v) is 9.82. The van der Waals surface area contributed by atoms with Crippen molar-refractivity contribution in [1.29, 1.82) is 0 Å². The second-order valence-electron chi connectivity index (χ2n) is 6.27. The van der Waals surface area contributed by atoms with Crippen molar-refractivity contribution in [2.75, 3.05) is 7.11 Å². The molecule has 0 saturated carbocycles. The van der Waals surface area contributed by atoms with Gasteiger partial charge in [0, 0.05) is 16.5 Å². The van der Waals surface area contributed by atoms with Crippen LogP contribution in [0.5, 0.6) is 11.5 Å². The molecule has 0 atom stereocenters. The summed E-state index contributed by atoms with van der Waals surface area (Å²) in [6, 6.07) is 25.9. The Kier molecular flexibility index (Phi) is 6.93. The van der Waals surface area contributed by atoms with Gasteiger partial charge in [-0.1, -0.05) is 53.7 Å². The van der Waals surface area contributed by atoms with Crippen LogP contribution in [0.25, 0.3) is 0 Å². The fourth-order valence-electron chi connectivity index (χ4n) is 2.48. The Morgan fingerprint density at radius 1 is 0.893 bits per heavy atom. The van der Waals surface area contributed by atoms with Crippen molar-refractivity contribution in [2.24, 2.45) is 4.99 Å². The molecule has 0 saturated heterocycles. The van der Waals surface area contributed by atoms with E-state index in [4.69, 9.17) is 14.5 Å². The Bertz CT molecular complexity index is 981. The number of thioether (sulfide) groups is 1. The maximum absolute atomic E-state index is 5.85. The molecule has 4 heteroatoms. The highest BCUT2D eigenvalue weighted by atomic mass is 32.2. The molecular formula is C24H23NO2S. The summed E-state index contributed by atoms with van der Waals surface area (Å²) in [5.74, 6) is 1.48. The molecule has 3 rings (SSSR count). The molecule has 0 N–H and O–H groups in total. The van der Waals surface area contributed by atoms with Gasteiger partial charge in [-0.05, 0) is 50.2 Å². The summed E-state index contributed by atoms with van der Waals surface area (Å²) < 4.78 is 11.1. The van der Waals surface area contributed by atoms with Gasteiger partial charge in [0.25, 0.3) is 0 Å². The van der Waals surface area contributed by atoms with Crippen molar-refractivity contribution < 1.29 is 9.47 Å². The van der Waals surface area contributed by atoms with Crippen LogP contribution in [-0.2, 0) is 0 Å². The summed E-state index contributed by atoms with van der Waals surface area (Å²) in [7, 11) is 1.64. The molecule has 3 aromatic carbocycles. The van der Waals surface area contributed by atoms with Crippen LogP contribution < -0.4 is 9.47 Å². The second-order valence-corrected chi connectivity index (χ2v) is 7.33. The van der Waals surface area contributed by atoms with E-state index in [-0.39, 0.29) is 0 Å². The lowest BCUT2D eigenvalue weighted by Gasteiger charge is -2.09. The summed E-state index contributed by atoms with van der Waals surface area (Å²) in [5, 5.41) is 0.889. The summed E-state index contributed by atoms with van der Waals surface area (Å²) in [4.78, 5) is 5.98. The number of aliphatic imine (C=N–C) groups is 1. The molecule has 0 amide bonds. The Hall–Kier alpha value is -2.98. The summed E-state index contributed by atoms with van der Waals surface area (Å²) in [6.45, 7) is 4.09. The number of hydrogen-bond donors (Lipinski definition) is 0. The van der Waals surface area contributed by atoms with E-state index in [1.165, 1.54) is 5.56 Å². The second kappa shape index (κ2) is 9.81. The van der Waals surface area contributed by atoms with Crippen LogP contribution in [0, 0.1) is 6.92 Å². The average Bonchev–Trinajstić information content (AvgIpc) is 2.72. The minimum atomic E-state index is 0.721. The third kappa shape index (κ3) is 5.76. The van der Waals surface area contributed by atoms with Crippen molar-refractivity contribution in [2.45, 2.75) is 18.7 Å². The topological polar surface area (TPSA) is 30.8 Å². The fourth-order valence-corrected chi connectivity index (χ4v) is 3.46. The molecule has 142 valence electrons. The minimum Gasteiger partial charge on any atom is -0.497 e. The highest BCUT2D eigenvalue weighted by Gasteiger charge is 2.08. The van der Waals surface area contributed by atoms with Crippen molar-refractivity contribution in [3.05, 3.63) is 96.3 Å². The molecule has 0 aliphatic carbocycles. The smallest absolute Gasteiger partial charge is 0.130 e. The largest absolute Gasteiger partial charge is 0.497 e. The zero-order chi connectivity index (χ0) is 19.8. The highest BCUT2D eigenvalue weighted by molar-refractivity contribution is 8.14. The molecule has 0 aliphatic rings. The molecule has 3 aromatic rings. The number of aryl methyl sites for hydroxylation is 1. The number of rotatable bonds is 6. The molecule has 3 nitrogen and oxygen atoms in total. The highest BCUT2D eigenvalue weighted by Crippen LogP contribution is 2.27. The molecular weight excluding hydrogens is 366 g/mol. The first-order valence-electron chi connectivity index (χ1n) is 9.00. The van der Waals surface area contributed by atoms with E-state index in [1.807, 2.05) is 61.5 Å².